The van der Waals surface area contributed by atoms with Crippen molar-refractivity contribution in [3.63, 3.8) is 0 Å². The van der Waals surface area contributed by atoms with Crippen LogP contribution in [0.5, 0.6) is 0 Å². The molecule has 0 bridgehead atoms. The molecule has 0 fully saturated rings. The number of hydrogen-bond acceptors (Lipinski definition) is 1. The first-order chi connectivity index (χ1) is 9.51. The first-order valence-electron chi connectivity index (χ1n) is 6.80. The second-order valence-electron chi connectivity index (χ2n) is 4.80. The van der Waals surface area contributed by atoms with Crippen LogP contribution >= 0.6 is 11.6 Å². The summed E-state index contributed by atoms with van der Waals surface area (Å²) in [5, 5.41) is 0.112. The third kappa shape index (κ3) is 4.34. The van der Waals surface area contributed by atoms with E-state index < -0.39 is 5.82 Å². The predicted octanol–water partition coefficient (Wildman–Crippen LogP) is 4.22. The van der Waals surface area contributed by atoms with Crippen LogP contribution < -0.4 is 0 Å². The molecule has 0 aliphatic rings. The molecule has 0 aliphatic carbocycles. The molecule has 1 atom stereocenters. The fourth-order valence-electron chi connectivity index (χ4n) is 2.15. The van der Waals surface area contributed by atoms with Crippen LogP contribution in [0.2, 0.25) is 5.02 Å². The third-order valence-electron chi connectivity index (χ3n) is 3.49. The lowest BCUT2D eigenvalue weighted by Crippen LogP contribution is -2.36. The molecule has 0 aromatic heterocycles. The van der Waals surface area contributed by atoms with Gasteiger partial charge in [-0.25, -0.2) is 4.39 Å². The van der Waals surface area contributed by atoms with Crippen LogP contribution in [-0.2, 0) is 11.2 Å². The van der Waals surface area contributed by atoms with Gasteiger partial charge in [-0.3, -0.25) is 4.79 Å². The highest BCUT2D eigenvalue weighted by Gasteiger charge is 2.17. The highest BCUT2D eigenvalue weighted by Crippen LogP contribution is 2.21. The number of amides is 1. The topological polar surface area (TPSA) is 20.3 Å². The number of hydrogen-bond donors (Lipinski definition) is 0. The van der Waals surface area contributed by atoms with Crippen LogP contribution in [0.1, 0.15) is 31.7 Å². The summed E-state index contributed by atoms with van der Waals surface area (Å²) in [6.45, 7) is 5.75. The Morgan fingerprint density at radius 3 is 2.85 bits per heavy atom. The molecule has 4 heteroatoms. The van der Waals surface area contributed by atoms with Crippen LogP contribution in [0.3, 0.4) is 0 Å². The van der Waals surface area contributed by atoms with E-state index in [0.29, 0.717) is 18.4 Å². The molecule has 0 saturated heterocycles. The molecule has 20 heavy (non-hydrogen) atoms. The van der Waals surface area contributed by atoms with Gasteiger partial charge < -0.3 is 4.90 Å². The Morgan fingerprint density at radius 1 is 1.55 bits per heavy atom. The second kappa shape index (κ2) is 8.05. The summed E-state index contributed by atoms with van der Waals surface area (Å²) in [5.74, 6) is -0.401. The van der Waals surface area contributed by atoms with Gasteiger partial charge in [0.05, 0.1) is 5.02 Å². The van der Waals surface area contributed by atoms with E-state index in [4.69, 9.17) is 11.6 Å². The summed E-state index contributed by atoms with van der Waals surface area (Å²) in [5.41, 5.74) is 0.671. The molecule has 2 nitrogen and oxygen atoms in total. The zero-order valence-corrected chi connectivity index (χ0v) is 12.8. The standard InChI is InChI=1S/C16H21ClFNO/c1-4-7-13(5-2)19(3)15(20)11-10-12-8-6-9-14(18)16(12)17/h4,6,8-9,13H,1,5,7,10-11H2,2-3H3/t13-/m1/s1. The van der Waals surface area contributed by atoms with E-state index in [1.165, 1.54) is 6.07 Å². The minimum atomic E-state index is -0.442. The molecule has 1 amide bonds. The van der Waals surface area contributed by atoms with Crippen LogP contribution in [0.15, 0.2) is 30.9 Å². The molecule has 1 aromatic rings. The van der Waals surface area contributed by atoms with E-state index in [1.807, 2.05) is 13.0 Å². The normalized spacial score (nSPS) is 12.0. The average Bonchev–Trinajstić information content (AvgIpc) is 2.45. The molecule has 0 aliphatic heterocycles. The minimum absolute atomic E-state index is 0.0408. The highest BCUT2D eigenvalue weighted by molar-refractivity contribution is 6.31. The van der Waals surface area contributed by atoms with Crippen molar-refractivity contribution in [2.45, 2.75) is 38.6 Å². The van der Waals surface area contributed by atoms with Gasteiger partial charge in [0, 0.05) is 19.5 Å². The molecule has 0 N–H and O–H groups in total. The van der Waals surface area contributed by atoms with Crippen LogP contribution in [0, 0.1) is 5.82 Å². The molecular weight excluding hydrogens is 277 g/mol. The minimum Gasteiger partial charge on any atom is -0.342 e. The number of carbonyl (C=O) groups excluding carboxylic acids is 1. The molecule has 0 spiro atoms. The van der Waals surface area contributed by atoms with Gasteiger partial charge in [-0.1, -0.05) is 36.7 Å². The number of benzene rings is 1. The molecule has 110 valence electrons. The largest absolute Gasteiger partial charge is 0.342 e. The summed E-state index contributed by atoms with van der Waals surface area (Å²) < 4.78 is 13.3. The highest BCUT2D eigenvalue weighted by atomic mass is 35.5. The van der Waals surface area contributed by atoms with E-state index in [9.17, 15) is 9.18 Å². The number of aryl methyl sites for hydroxylation is 1. The van der Waals surface area contributed by atoms with Crippen molar-refractivity contribution in [2.75, 3.05) is 7.05 Å². The van der Waals surface area contributed by atoms with Crippen LogP contribution in [0.25, 0.3) is 0 Å². The van der Waals surface area contributed by atoms with Gasteiger partial charge >= 0.3 is 0 Å². The Kier molecular flexibility index (Phi) is 6.73. The van der Waals surface area contributed by atoms with Crippen molar-refractivity contribution in [3.05, 3.63) is 47.3 Å². The fourth-order valence-corrected chi connectivity index (χ4v) is 2.37. The smallest absolute Gasteiger partial charge is 0.222 e. The Bertz CT molecular complexity index is 476. The van der Waals surface area contributed by atoms with Gasteiger partial charge in [0.15, 0.2) is 0 Å². The molecular formula is C16H21ClFNO. The van der Waals surface area contributed by atoms with E-state index in [2.05, 4.69) is 6.58 Å². The quantitative estimate of drug-likeness (QED) is 0.690. The monoisotopic (exact) mass is 297 g/mol. The first-order valence-corrected chi connectivity index (χ1v) is 7.18. The number of rotatable bonds is 7. The number of carbonyl (C=O) groups is 1. The Labute approximate surface area is 125 Å². The second-order valence-corrected chi connectivity index (χ2v) is 5.18. The summed E-state index contributed by atoms with van der Waals surface area (Å²) in [4.78, 5) is 13.9. The van der Waals surface area contributed by atoms with Crippen molar-refractivity contribution in [1.29, 1.82) is 0 Å². The average molecular weight is 298 g/mol. The molecule has 1 aromatic carbocycles. The predicted molar refractivity (Wildman–Crippen MR) is 81.4 cm³/mol. The van der Waals surface area contributed by atoms with Crippen LogP contribution in [0.4, 0.5) is 4.39 Å². The van der Waals surface area contributed by atoms with Crippen molar-refractivity contribution in [1.82, 2.24) is 4.90 Å². The summed E-state index contributed by atoms with van der Waals surface area (Å²) >= 11 is 5.88. The first kappa shape index (κ1) is 16.7. The number of nitrogens with zero attached hydrogens (tertiary/aromatic N) is 1. The lowest BCUT2D eigenvalue weighted by Gasteiger charge is -2.26. The SMILES string of the molecule is C=CC[C@@H](CC)N(C)C(=O)CCc1cccc(F)c1Cl. The Morgan fingerprint density at radius 2 is 2.25 bits per heavy atom. The van der Waals surface area contributed by atoms with Gasteiger partial charge in [-0.15, -0.1) is 6.58 Å². The maximum atomic E-state index is 13.3. The fraction of sp³-hybridized carbons (Fsp3) is 0.438. The van der Waals surface area contributed by atoms with Gasteiger partial charge in [0.2, 0.25) is 5.91 Å². The Balaban J connectivity index is 2.62. The van der Waals surface area contributed by atoms with Crippen molar-refractivity contribution < 1.29 is 9.18 Å². The molecule has 0 saturated carbocycles. The van der Waals surface area contributed by atoms with Crippen molar-refractivity contribution in [2.24, 2.45) is 0 Å². The third-order valence-corrected chi connectivity index (χ3v) is 3.91. The van der Waals surface area contributed by atoms with Crippen LogP contribution in [-0.4, -0.2) is 23.9 Å². The summed E-state index contributed by atoms with van der Waals surface area (Å²) in [7, 11) is 1.80. The van der Waals surface area contributed by atoms with E-state index in [0.717, 1.165) is 12.8 Å². The van der Waals surface area contributed by atoms with Gasteiger partial charge in [0.25, 0.3) is 0 Å². The number of halogens is 2. The van der Waals surface area contributed by atoms with Crippen molar-refractivity contribution >= 4 is 17.5 Å². The van der Waals surface area contributed by atoms with Gasteiger partial charge in [0.1, 0.15) is 5.82 Å². The van der Waals surface area contributed by atoms with Gasteiger partial charge in [-0.05, 0) is 30.9 Å². The maximum absolute atomic E-state index is 13.3. The zero-order chi connectivity index (χ0) is 15.1. The van der Waals surface area contributed by atoms with Crippen molar-refractivity contribution in [3.8, 4) is 0 Å². The lowest BCUT2D eigenvalue weighted by molar-refractivity contribution is -0.131. The zero-order valence-electron chi connectivity index (χ0n) is 12.0. The van der Waals surface area contributed by atoms with Gasteiger partial charge in [-0.2, -0.15) is 0 Å². The van der Waals surface area contributed by atoms with E-state index in [1.54, 1.807) is 24.1 Å². The summed E-state index contributed by atoms with van der Waals surface area (Å²) in [6.07, 6.45) is 4.26. The molecule has 0 unspecified atom stereocenters. The lowest BCUT2D eigenvalue weighted by atomic mass is 10.1. The van der Waals surface area contributed by atoms with E-state index >= 15 is 0 Å². The molecule has 0 radical (unpaired) electrons. The molecule has 1 rings (SSSR count). The Hall–Kier alpha value is -1.35. The van der Waals surface area contributed by atoms with E-state index in [-0.39, 0.29) is 17.0 Å². The summed E-state index contributed by atoms with van der Waals surface area (Å²) in [6, 6.07) is 4.84. The maximum Gasteiger partial charge on any atom is 0.222 e. The molecule has 0 heterocycles.